The molecule has 118 valence electrons. The Bertz CT molecular complexity index is 607. The van der Waals surface area contributed by atoms with Crippen LogP contribution >= 0.6 is 0 Å². The van der Waals surface area contributed by atoms with E-state index in [1.807, 2.05) is 18.2 Å². The van der Waals surface area contributed by atoms with Gasteiger partial charge in [0.15, 0.2) is 0 Å². The second kappa shape index (κ2) is 6.02. The first-order chi connectivity index (χ1) is 10.6. The smallest absolute Gasteiger partial charge is 0.246 e. The van der Waals surface area contributed by atoms with Crippen molar-refractivity contribution in [1.82, 2.24) is 20.2 Å². The van der Waals surface area contributed by atoms with Crippen molar-refractivity contribution < 1.29 is 10.2 Å². The van der Waals surface area contributed by atoms with Crippen molar-refractivity contribution in [2.45, 2.75) is 31.4 Å². The van der Waals surface area contributed by atoms with Crippen LogP contribution in [-0.4, -0.2) is 55.7 Å². The Morgan fingerprint density at radius 3 is 2.55 bits per heavy atom. The van der Waals surface area contributed by atoms with Crippen molar-refractivity contribution in [1.29, 1.82) is 0 Å². The number of rotatable bonds is 4. The molecule has 22 heavy (non-hydrogen) atoms. The second-order valence-corrected chi connectivity index (χ2v) is 5.88. The summed E-state index contributed by atoms with van der Waals surface area (Å²) in [6.07, 6.45) is 1.02. The molecule has 7 nitrogen and oxygen atoms in total. The van der Waals surface area contributed by atoms with Crippen molar-refractivity contribution in [3.63, 3.8) is 0 Å². The number of aliphatic hydroxyl groups excluding tert-OH is 1. The molecule has 0 bridgehead atoms. The van der Waals surface area contributed by atoms with Gasteiger partial charge in [0.05, 0.1) is 18.2 Å². The van der Waals surface area contributed by atoms with Crippen molar-refractivity contribution in [3.05, 3.63) is 35.9 Å². The number of benzene rings is 1. The molecule has 2 aromatic rings. The predicted molar refractivity (Wildman–Crippen MR) is 81.6 cm³/mol. The minimum atomic E-state index is -0.972. The summed E-state index contributed by atoms with van der Waals surface area (Å²) in [5.74, 6) is 0.705. The van der Waals surface area contributed by atoms with Gasteiger partial charge in [-0.1, -0.05) is 35.4 Å². The standard InChI is InChI=1S/C15H21N5O2/c1-12(13-5-3-2-4-6-13)20-14(16-17-18-20)19-9-7-15(22,11-21)8-10-19/h2-6,12,21-22H,7-11H2,1H3/t12-/m1/s1. The van der Waals surface area contributed by atoms with Gasteiger partial charge in [0.2, 0.25) is 5.95 Å². The van der Waals surface area contributed by atoms with E-state index in [1.165, 1.54) is 0 Å². The first-order valence-electron chi connectivity index (χ1n) is 7.54. The van der Waals surface area contributed by atoms with Crippen LogP contribution in [0.15, 0.2) is 30.3 Å². The maximum Gasteiger partial charge on any atom is 0.246 e. The van der Waals surface area contributed by atoms with E-state index in [0.717, 1.165) is 5.56 Å². The number of anilines is 1. The molecule has 1 saturated heterocycles. The zero-order valence-corrected chi connectivity index (χ0v) is 12.6. The third-order valence-corrected chi connectivity index (χ3v) is 4.40. The Balaban J connectivity index is 1.79. The zero-order chi connectivity index (χ0) is 15.6. The van der Waals surface area contributed by atoms with Crippen LogP contribution < -0.4 is 4.90 Å². The topological polar surface area (TPSA) is 87.3 Å². The van der Waals surface area contributed by atoms with Crippen LogP contribution in [0.2, 0.25) is 0 Å². The Hall–Kier alpha value is -1.99. The van der Waals surface area contributed by atoms with Gasteiger partial charge in [-0.25, -0.2) is 4.68 Å². The molecule has 1 aliphatic rings. The molecule has 0 spiro atoms. The van der Waals surface area contributed by atoms with E-state index in [0.29, 0.717) is 31.9 Å². The number of aliphatic hydroxyl groups is 2. The highest BCUT2D eigenvalue weighted by Crippen LogP contribution is 2.27. The Labute approximate surface area is 129 Å². The van der Waals surface area contributed by atoms with Gasteiger partial charge in [0.25, 0.3) is 0 Å². The largest absolute Gasteiger partial charge is 0.393 e. The Morgan fingerprint density at radius 2 is 1.91 bits per heavy atom. The van der Waals surface area contributed by atoms with Gasteiger partial charge in [-0.3, -0.25) is 0 Å². The molecule has 1 aliphatic heterocycles. The van der Waals surface area contributed by atoms with Gasteiger partial charge in [0, 0.05) is 13.1 Å². The summed E-state index contributed by atoms with van der Waals surface area (Å²) in [4.78, 5) is 2.06. The number of hydrogen-bond acceptors (Lipinski definition) is 6. The average molecular weight is 303 g/mol. The molecule has 2 heterocycles. The van der Waals surface area contributed by atoms with Crippen molar-refractivity contribution in [2.75, 3.05) is 24.6 Å². The highest BCUT2D eigenvalue weighted by molar-refractivity contribution is 5.32. The van der Waals surface area contributed by atoms with Crippen molar-refractivity contribution >= 4 is 5.95 Å². The summed E-state index contributed by atoms with van der Waals surface area (Å²) in [6.45, 7) is 3.10. The van der Waals surface area contributed by atoms with Gasteiger partial charge in [-0.05, 0) is 35.8 Å². The molecule has 0 unspecified atom stereocenters. The van der Waals surface area contributed by atoms with E-state index in [9.17, 15) is 10.2 Å². The SMILES string of the molecule is C[C@H](c1ccccc1)n1nnnc1N1CCC(O)(CO)CC1. The second-order valence-electron chi connectivity index (χ2n) is 5.88. The van der Waals surface area contributed by atoms with Gasteiger partial charge in [0.1, 0.15) is 0 Å². The average Bonchev–Trinajstić information content (AvgIpc) is 3.05. The van der Waals surface area contributed by atoms with Crippen LogP contribution in [0.4, 0.5) is 5.95 Å². The maximum atomic E-state index is 10.1. The highest BCUT2D eigenvalue weighted by Gasteiger charge is 2.33. The van der Waals surface area contributed by atoms with Crippen molar-refractivity contribution in [2.24, 2.45) is 0 Å². The summed E-state index contributed by atoms with van der Waals surface area (Å²) in [5.41, 5.74) is 0.166. The predicted octanol–water partition coefficient (Wildman–Crippen LogP) is 0.606. The highest BCUT2D eigenvalue weighted by atomic mass is 16.3. The molecule has 1 fully saturated rings. The van der Waals surface area contributed by atoms with E-state index < -0.39 is 5.60 Å². The molecule has 0 aliphatic carbocycles. The van der Waals surface area contributed by atoms with Gasteiger partial charge in [-0.2, -0.15) is 0 Å². The molecule has 7 heteroatoms. The van der Waals surface area contributed by atoms with E-state index in [-0.39, 0.29) is 12.6 Å². The van der Waals surface area contributed by atoms with Crippen molar-refractivity contribution in [3.8, 4) is 0 Å². The summed E-state index contributed by atoms with van der Waals surface area (Å²) < 4.78 is 1.80. The summed E-state index contributed by atoms with van der Waals surface area (Å²) in [5, 5.41) is 31.4. The first-order valence-corrected chi connectivity index (χ1v) is 7.54. The quantitative estimate of drug-likeness (QED) is 0.860. The molecule has 1 aromatic carbocycles. The van der Waals surface area contributed by atoms with Gasteiger partial charge >= 0.3 is 0 Å². The summed E-state index contributed by atoms with van der Waals surface area (Å²) in [7, 11) is 0. The number of hydrogen-bond donors (Lipinski definition) is 2. The zero-order valence-electron chi connectivity index (χ0n) is 12.6. The number of tetrazole rings is 1. The number of piperidine rings is 1. The number of aromatic nitrogens is 4. The monoisotopic (exact) mass is 303 g/mol. The van der Waals surface area contributed by atoms with E-state index >= 15 is 0 Å². The molecule has 0 radical (unpaired) electrons. The van der Waals surface area contributed by atoms with E-state index in [2.05, 4.69) is 39.5 Å². The fourth-order valence-electron chi connectivity index (χ4n) is 2.80. The summed E-state index contributed by atoms with van der Waals surface area (Å²) >= 11 is 0. The Kier molecular flexibility index (Phi) is 4.08. The lowest BCUT2D eigenvalue weighted by Gasteiger charge is -2.37. The van der Waals surface area contributed by atoms with E-state index in [4.69, 9.17) is 0 Å². The Morgan fingerprint density at radius 1 is 1.23 bits per heavy atom. The molecule has 1 aromatic heterocycles. The molecule has 0 saturated carbocycles. The first kappa shape index (κ1) is 14.9. The summed E-state index contributed by atoms with van der Waals surface area (Å²) in [6, 6.07) is 10.1. The molecule has 1 atom stereocenters. The van der Waals surface area contributed by atoms with Crippen LogP contribution in [0.3, 0.4) is 0 Å². The fourth-order valence-corrected chi connectivity index (χ4v) is 2.80. The van der Waals surface area contributed by atoms with Crippen LogP contribution in [0.25, 0.3) is 0 Å². The molecular formula is C15H21N5O2. The molecule has 3 rings (SSSR count). The molecule has 2 N–H and O–H groups in total. The lowest BCUT2D eigenvalue weighted by atomic mass is 9.93. The van der Waals surface area contributed by atoms with Crippen LogP contribution in [0.1, 0.15) is 31.4 Å². The van der Waals surface area contributed by atoms with Crippen LogP contribution in [0, 0.1) is 0 Å². The normalized spacial score (nSPS) is 19.1. The maximum absolute atomic E-state index is 10.1. The van der Waals surface area contributed by atoms with E-state index in [1.54, 1.807) is 4.68 Å². The number of nitrogens with zero attached hydrogens (tertiary/aromatic N) is 5. The fraction of sp³-hybridized carbons (Fsp3) is 0.533. The third-order valence-electron chi connectivity index (χ3n) is 4.40. The van der Waals surface area contributed by atoms with Gasteiger partial charge < -0.3 is 15.1 Å². The van der Waals surface area contributed by atoms with Crippen LogP contribution in [0.5, 0.6) is 0 Å². The minimum Gasteiger partial charge on any atom is -0.393 e. The molecular weight excluding hydrogens is 282 g/mol. The molecule has 0 amide bonds. The van der Waals surface area contributed by atoms with Gasteiger partial charge in [-0.15, -0.1) is 0 Å². The third kappa shape index (κ3) is 2.82. The lowest BCUT2D eigenvalue weighted by Crippen LogP contribution is -2.47. The van der Waals surface area contributed by atoms with Crippen LogP contribution in [-0.2, 0) is 0 Å². The lowest BCUT2D eigenvalue weighted by molar-refractivity contribution is -0.0328. The minimum absolute atomic E-state index is 0.0323.